The molecule has 0 bridgehead atoms. The molecule has 0 aliphatic carbocycles. The third kappa shape index (κ3) is 3.41. The molecule has 3 heterocycles. The van der Waals surface area contributed by atoms with Crippen LogP contribution in [0.4, 0.5) is 0 Å². The molecule has 1 amide bonds. The molecular formula is C19H22ClN6O+. The van der Waals surface area contributed by atoms with Crippen molar-refractivity contribution in [3.05, 3.63) is 52.8 Å². The minimum absolute atomic E-state index is 0.235. The number of pyridine rings is 1. The minimum atomic E-state index is -0.235. The number of rotatable bonds is 3. The number of benzene rings is 1. The molecule has 3 aromatic rings. The van der Waals surface area contributed by atoms with Crippen molar-refractivity contribution < 1.29 is 9.69 Å². The third-order valence-corrected chi connectivity index (χ3v) is 5.32. The van der Waals surface area contributed by atoms with Crippen LogP contribution in [0, 0.1) is 6.92 Å². The van der Waals surface area contributed by atoms with Gasteiger partial charge in [0.25, 0.3) is 5.91 Å². The number of hydrogen-bond donors (Lipinski definition) is 2. The molecule has 0 unspecified atom stereocenters. The summed E-state index contributed by atoms with van der Waals surface area (Å²) in [5.41, 5.74) is 5.60. The number of halogens is 1. The Kier molecular flexibility index (Phi) is 4.82. The summed E-state index contributed by atoms with van der Waals surface area (Å²) in [6.07, 6.45) is 1.53. The Labute approximate surface area is 162 Å². The lowest BCUT2D eigenvalue weighted by molar-refractivity contribution is -0.884. The first-order valence-corrected chi connectivity index (χ1v) is 9.39. The van der Waals surface area contributed by atoms with E-state index < -0.39 is 0 Å². The number of nitrogens with zero attached hydrogens (tertiary/aromatic N) is 4. The van der Waals surface area contributed by atoms with Gasteiger partial charge in [0.05, 0.1) is 60.6 Å². The van der Waals surface area contributed by atoms with Crippen molar-refractivity contribution in [3.63, 3.8) is 0 Å². The van der Waals surface area contributed by atoms with Gasteiger partial charge in [-0.2, -0.15) is 5.10 Å². The van der Waals surface area contributed by atoms with Gasteiger partial charge in [0.15, 0.2) is 5.65 Å². The molecule has 1 aliphatic heterocycles. The Bertz CT molecular complexity index is 979. The monoisotopic (exact) mass is 385 g/mol. The molecule has 140 valence electrons. The van der Waals surface area contributed by atoms with E-state index in [1.165, 1.54) is 11.1 Å². The molecule has 2 N–H and O–H groups in total. The van der Waals surface area contributed by atoms with E-state index in [0.29, 0.717) is 21.6 Å². The van der Waals surface area contributed by atoms with Crippen molar-refractivity contribution in [1.82, 2.24) is 25.2 Å². The van der Waals surface area contributed by atoms with E-state index in [9.17, 15) is 4.79 Å². The summed E-state index contributed by atoms with van der Waals surface area (Å²) in [7, 11) is 2.15. The maximum Gasteiger partial charge on any atom is 0.268 e. The van der Waals surface area contributed by atoms with Crippen molar-refractivity contribution in [3.8, 4) is 5.69 Å². The Morgan fingerprint density at radius 3 is 2.63 bits per heavy atom. The normalized spacial score (nSPS) is 16.0. The van der Waals surface area contributed by atoms with Crippen LogP contribution in [0.25, 0.3) is 16.7 Å². The zero-order valence-corrected chi connectivity index (χ0v) is 16.1. The van der Waals surface area contributed by atoms with Gasteiger partial charge in [-0.3, -0.25) is 10.2 Å². The lowest BCUT2D eigenvalue weighted by Gasteiger charge is -2.30. The Balaban J connectivity index is 1.66. The van der Waals surface area contributed by atoms with Crippen molar-refractivity contribution >= 4 is 28.5 Å². The molecule has 1 aliphatic rings. The molecule has 27 heavy (non-hydrogen) atoms. The number of likely N-dealkylation sites (N-methyl/N-ethyl adjacent to an activating group) is 1. The fraction of sp³-hybridized carbons (Fsp3) is 0.316. The smallest absolute Gasteiger partial charge is 0.268 e. The van der Waals surface area contributed by atoms with Gasteiger partial charge in [0.2, 0.25) is 0 Å². The standard InChI is InChI=1S/C19H21ClN6O/c1-13-16-17(20)15(19(27)23-25-10-8-24(2)9-11-25)12-21-18(16)26(22-13)14-6-4-3-5-7-14/h3-7,12H,8-11H2,1-2H3,(H,23,27)/p+1. The topological polar surface area (TPSA) is 67.5 Å². The molecule has 0 saturated carbocycles. The molecule has 0 spiro atoms. The van der Waals surface area contributed by atoms with Gasteiger partial charge >= 0.3 is 0 Å². The highest BCUT2D eigenvalue weighted by Crippen LogP contribution is 2.29. The predicted octanol–water partition coefficient (Wildman–Crippen LogP) is 0.857. The van der Waals surface area contributed by atoms with Crippen LogP contribution in [0.5, 0.6) is 0 Å². The fourth-order valence-corrected chi connectivity index (χ4v) is 3.68. The minimum Gasteiger partial charge on any atom is -0.335 e. The average Bonchev–Trinajstić information content (AvgIpc) is 3.02. The maximum absolute atomic E-state index is 12.7. The number of para-hydroxylation sites is 1. The Morgan fingerprint density at radius 1 is 1.22 bits per heavy atom. The molecule has 7 nitrogen and oxygen atoms in total. The molecule has 1 aromatic carbocycles. The van der Waals surface area contributed by atoms with E-state index in [1.54, 1.807) is 4.68 Å². The largest absolute Gasteiger partial charge is 0.335 e. The first-order chi connectivity index (χ1) is 13.0. The second-order valence-electron chi connectivity index (χ2n) is 6.90. The highest BCUT2D eigenvalue weighted by atomic mass is 35.5. The van der Waals surface area contributed by atoms with Gasteiger partial charge in [0.1, 0.15) is 0 Å². The summed E-state index contributed by atoms with van der Waals surface area (Å²) in [4.78, 5) is 18.7. The molecule has 1 saturated heterocycles. The van der Waals surface area contributed by atoms with Crippen LogP contribution in [0.1, 0.15) is 16.1 Å². The molecule has 8 heteroatoms. The average molecular weight is 386 g/mol. The first kappa shape index (κ1) is 17.9. The van der Waals surface area contributed by atoms with Crippen molar-refractivity contribution in [2.45, 2.75) is 6.92 Å². The molecule has 1 fully saturated rings. The number of nitrogens with one attached hydrogen (secondary N) is 2. The lowest BCUT2D eigenvalue weighted by atomic mass is 10.2. The van der Waals surface area contributed by atoms with E-state index >= 15 is 0 Å². The van der Waals surface area contributed by atoms with Gasteiger partial charge in [-0.1, -0.05) is 29.8 Å². The number of carbonyl (C=O) groups excluding carboxylic acids is 1. The van der Waals surface area contributed by atoms with Crippen LogP contribution >= 0.6 is 11.6 Å². The number of quaternary nitrogens is 1. The van der Waals surface area contributed by atoms with Crippen molar-refractivity contribution in [1.29, 1.82) is 0 Å². The Morgan fingerprint density at radius 2 is 1.93 bits per heavy atom. The van der Waals surface area contributed by atoms with Gasteiger partial charge in [-0.25, -0.2) is 14.7 Å². The number of fused-ring (bicyclic) bond motifs is 1. The van der Waals surface area contributed by atoms with E-state index in [0.717, 1.165) is 37.6 Å². The first-order valence-electron chi connectivity index (χ1n) is 9.01. The van der Waals surface area contributed by atoms with E-state index in [-0.39, 0.29) is 5.91 Å². The van der Waals surface area contributed by atoms with Gasteiger partial charge in [-0.15, -0.1) is 0 Å². The van der Waals surface area contributed by atoms with Crippen LogP contribution < -0.4 is 10.3 Å². The number of carbonyl (C=O) groups is 1. The summed E-state index contributed by atoms with van der Waals surface area (Å²) < 4.78 is 1.75. The summed E-state index contributed by atoms with van der Waals surface area (Å²) in [5, 5.41) is 7.60. The number of amides is 1. The SMILES string of the molecule is Cc1nn(-c2ccccc2)c2ncc(C(=O)NN3CC[NH+](C)CC3)c(Cl)c12. The molecule has 0 atom stereocenters. The van der Waals surface area contributed by atoms with Crippen molar-refractivity contribution in [2.24, 2.45) is 0 Å². The van der Waals surface area contributed by atoms with Crippen LogP contribution in [-0.4, -0.2) is 58.9 Å². The highest BCUT2D eigenvalue weighted by molar-refractivity contribution is 6.38. The summed E-state index contributed by atoms with van der Waals surface area (Å²) in [6, 6.07) is 9.75. The van der Waals surface area contributed by atoms with Crippen LogP contribution in [0.3, 0.4) is 0 Å². The second-order valence-corrected chi connectivity index (χ2v) is 7.28. The van der Waals surface area contributed by atoms with Gasteiger partial charge in [0, 0.05) is 6.20 Å². The molecule has 2 aromatic heterocycles. The van der Waals surface area contributed by atoms with Gasteiger partial charge < -0.3 is 4.90 Å². The maximum atomic E-state index is 12.7. The lowest BCUT2D eigenvalue weighted by Crippen LogP contribution is -3.12. The predicted molar refractivity (Wildman–Crippen MR) is 104 cm³/mol. The zero-order valence-electron chi connectivity index (χ0n) is 15.4. The summed E-state index contributed by atoms with van der Waals surface area (Å²) >= 11 is 6.61. The van der Waals surface area contributed by atoms with Crippen LogP contribution in [0.15, 0.2) is 36.5 Å². The number of aryl methyl sites for hydroxylation is 1. The van der Waals surface area contributed by atoms with Crippen LogP contribution in [0.2, 0.25) is 5.02 Å². The Hall–Kier alpha value is -2.48. The molecule has 4 rings (SSSR count). The van der Waals surface area contributed by atoms with E-state index in [4.69, 9.17) is 11.6 Å². The molecular weight excluding hydrogens is 364 g/mol. The quantitative estimate of drug-likeness (QED) is 0.701. The number of piperazine rings is 1. The summed E-state index contributed by atoms with van der Waals surface area (Å²) in [5.74, 6) is -0.235. The van der Waals surface area contributed by atoms with E-state index in [2.05, 4.69) is 22.6 Å². The highest BCUT2D eigenvalue weighted by Gasteiger charge is 2.23. The van der Waals surface area contributed by atoms with E-state index in [1.807, 2.05) is 42.3 Å². The third-order valence-electron chi connectivity index (χ3n) is 4.93. The number of aromatic nitrogens is 3. The summed E-state index contributed by atoms with van der Waals surface area (Å²) in [6.45, 7) is 5.49. The van der Waals surface area contributed by atoms with Gasteiger partial charge in [-0.05, 0) is 19.1 Å². The number of hydrogen-bond acceptors (Lipinski definition) is 4. The zero-order chi connectivity index (χ0) is 19.0. The molecule has 0 radical (unpaired) electrons. The van der Waals surface area contributed by atoms with Crippen molar-refractivity contribution in [2.75, 3.05) is 33.2 Å². The number of hydrazine groups is 1. The fourth-order valence-electron chi connectivity index (χ4n) is 3.32. The van der Waals surface area contributed by atoms with Crippen LogP contribution in [-0.2, 0) is 0 Å². The second kappa shape index (κ2) is 7.26.